The molecule has 0 saturated heterocycles. The van der Waals surface area contributed by atoms with Gasteiger partial charge >= 0.3 is 5.97 Å². The van der Waals surface area contributed by atoms with E-state index in [9.17, 15) is 4.79 Å². The van der Waals surface area contributed by atoms with Gasteiger partial charge < -0.3 is 9.84 Å². The number of fused-ring (bicyclic) bond motifs is 1. The zero-order chi connectivity index (χ0) is 11.5. The van der Waals surface area contributed by atoms with Crippen LogP contribution in [0.2, 0.25) is 0 Å². The number of carboxylic acid groups (broad SMARTS) is 1. The standard InChI is InChI=1S/C11H10N2O3/c1-2-16-10-8-4-3-7(11(14)15)5-9(8)12-6-13-10/h3-6H,2H2,1H3,(H,14,15). The number of carbonyl (C=O) groups is 1. The SMILES string of the molecule is CCOc1ncnc2cc(C(=O)O)ccc12. The van der Waals surface area contributed by atoms with Crippen LogP contribution in [0.1, 0.15) is 17.3 Å². The molecule has 1 aromatic heterocycles. The van der Waals surface area contributed by atoms with Gasteiger partial charge in [0.2, 0.25) is 5.88 Å². The zero-order valence-electron chi connectivity index (χ0n) is 8.67. The average Bonchev–Trinajstić information content (AvgIpc) is 2.29. The summed E-state index contributed by atoms with van der Waals surface area (Å²) < 4.78 is 5.32. The third kappa shape index (κ3) is 1.79. The van der Waals surface area contributed by atoms with Crippen molar-refractivity contribution in [2.24, 2.45) is 0 Å². The average molecular weight is 218 g/mol. The molecule has 1 heterocycles. The number of benzene rings is 1. The lowest BCUT2D eigenvalue weighted by molar-refractivity contribution is 0.0697. The summed E-state index contributed by atoms with van der Waals surface area (Å²) in [6.07, 6.45) is 1.36. The van der Waals surface area contributed by atoms with Crippen molar-refractivity contribution in [3.8, 4) is 5.88 Å². The first-order valence-electron chi connectivity index (χ1n) is 4.83. The minimum atomic E-state index is -0.974. The Hall–Kier alpha value is -2.17. The van der Waals surface area contributed by atoms with Crippen molar-refractivity contribution < 1.29 is 14.6 Å². The summed E-state index contributed by atoms with van der Waals surface area (Å²) in [7, 11) is 0. The molecule has 1 N–H and O–H groups in total. The molecule has 2 rings (SSSR count). The Morgan fingerprint density at radius 2 is 2.25 bits per heavy atom. The molecule has 0 atom stereocenters. The van der Waals surface area contributed by atoms with Crippen molar-refractivity contribution >= 4 is 16.9 Å². The summed E-state index contributed by atoms with van der Waals surface area (Å²) in [4.78, 5) is 18.8. The molecule has 0 aliphatic carbocycles. The smallest absolute Gasteiger partial charge is 0.335 e. The van der Waals surface area contributed by atoms with Crippen LogP contribution in [-0.4, -0.2) is 27.7 Å². The van der Waals surface area contributed by atoms with Crippen LogP contribution < -0.4 is 4.74 Å². The molecule has 0 fully saturated rings. The van der Waals surface area contributed by atoms with Crippen LogP contribution in [0.25, 0.3) is 10.9 Å². The molecule has 0 bridgehead atoms. The summed E-state index contributed by atoms with van der Waals surface area (Å²) in [5, 5.41) is 9.56. The van der Waals surface area contributed by atoms with Gasteiger partial charge in [-0.15, -0.1) is 0 Å². The molecule has 16 heavy (non-hydrogen) atoms. The fourth-order valence-corrected chi connectivity index (χ4v) is 1.42. The van der Waals surface area contributed by atoms with Crippen molar-refractivity contribution in [2.75, 3.05) is 6.61 Å². The van der Waals surface area contributed by atoms with Crippen molar-refractivity contribution in [2.45, 2.75) is 6.92 Å². The van der Waals surface area contributed by atoms with Gasteiger partial charge in [0.05, 0.1) is 23.1 Å². The number of aromatic carboxylic acids is 1. The van der Waals surface area contributed by atoms with Gasteiger partial charge in [0, 0.05) is 0 Å². The second-order valence-corrected chi connectivity index (χ2v) is 3.15. The van der Waals surface area contributed by atoms with Crippen LogP contribution in [-0.2, 0) is 0 Å². The molecule has 0 unspecified atom stereocenters. The third-order valence-corrected chi connectivity index (χ3v) is 2.13. The molecule has 5 heteroatoms. The highest BCUT2D eigenvalue weighted by Crippen LogP contribution is 2.22. The maximum absolute atomic E-state index is 10.8. The largest absolute Gasteiger partial charge is 0.478 e. The third-order valence-electron chi connectivity index (χ3n) is 2.13. The van der Waals surface area contributed by atoms with Crippen molar-refractivity contribution in [1.29, 1.82) is 0 Å². The number of rotatable bonds is 3. The number of carboxylic acids is 1. The van der Waals surface area contributed by atoms with Crippen molar-refractivity contribution in [3.63, 3.8) is 0 Å². The number of aromatic nitrogens is 2. The Kier molecular flexibility index (Phi) is 2.68. The second-order valence-electron chi connectivity index (χ2n) is 3.15. The Morgan fingerprint density at radius 1 is 1.44 bits per heavy atom. The van der Waals surface area contributed by atoms with E-state index in [4.69, 9.17) is 9.84 Å². The van der Waals surface area contributed by atoms with Crippen LogP contribution in [0.5, 0.6) is 5.88 Å². The van der Waals surface area contributed by atoms with Crippen LogP contribution in [0.15, 0.2) is 24.5 Å². The van der Waals surface area contributed by atoms with E-state index < -0.39 is 5.97 Å². The molecule has 0 aliphatic heterocycles. The molecular weight excluding hydrogens is 208 g/mol. The van der Waals surface area contributed by atoms with Gasteiger partial charge in [-0.1, -0.05) is 0 Å². The monoisotopic (exact) mass is 218 g/mol. The van der Waals surface area contributed by atoms with Crippen LogP contribution >= 0.6 is 0 Å². The maximum atomic E-state index is 10.8. The lowest BCUT2D eigenvalue weighted by Crippen LogP contribution is -1.99. The van der Waals surface area contributed by atoms with E-state index in [0.717, 1.165) is 0 Å². The number of hydrogen-bond donors (Lipinski definition) is 1. The highest BCUT2D eigenvalue weighted by atomic mass is 16.5. The molecule has 0 radical (unpaired) electrons. The molecule has 1 aromatic carbocycles. The Morgan fingerprint density at radius 3 is 2.94 bits per heavy atom. The summed E-state index contributed by atoms with van der Waals surface area (Å²) in [6, 6.07) is 4.67. The second kappa shape index (κ2) is 4.14. The van der Waals surface area contributed by atoms with Crippen LogP contribution in [0.4, 0.5) is 0 Å². The summed E-state index contributed by atoms with van der Waals surface area (Å²) in [5.41, 5.74) is 0.770. The normalized spacial score (nSPS) is 10.3. The van der Waals surface area contributed by atoms with Crippen molar-refractivity contribution in [1.82, 2.24) is 9.97 Å². The fourth-order valence-electron chi connectivity index (χ4n) is 1.42. The van der Waals surface area contributed by atoms with E-state index in [2.05, 4.69) is 9.97 Å². The van der Waals surface area contributed by atoms with E-state index in [0.29, 0.717) is 23.4 Å². The van der Waals surface area contributed by atoms with Gasteiger partial charge in [0.25, 0.3) is 0 Å². The summed E-state index contributed by atoms with van der Waals surface area (Å²) in [6.45, 7) is 2.37. The molecule has 5 nitrogen and oxygen atoms in total. The van der Waals surface area contributed by atoms with E-state index in [-0.39, 0.29) is 5.56 Å². The number of ether oxygens (including phenoxy) is 1. The predicted octanol–water partition coefficient (Wildman–Crippen LogP) is 1.73. The van der Waals surface area contributed by atoms with E-state index in [1.165, 1.54) is 18.5 Å². The Balaban J connectivity index is 2.59. The molecule has 0 saturated carbocycles. The van der Waals surface area contributed by atoms with Gasteiger partial charge in [-0.3, -0.25) is 0 Å². The highest BCUT2D eigenvalue weighted by molar-refractivity contribution is 5.94. The van der Waals surface area contributed by atoms with Gasteiger partial charge in [-0.2, -0.15) is 0 Å². The Labute approximate surface area is 91.7 Å². The van der Waals surface area contributed by atoms with E-state index >= 15 is 0 Å². The van der Waals surface area contributed by atoms with Crippen molar-refractivity contribution in [3.05, 3.63) is 30.1 Å². The number of nitrogens with zero attached hydrogens (tertiary/aromatic N) is 2. The quantitative estimate of drug-likeness (QED) is 0.849. The first kappa shape index (κ1) is 10.4. The first-order chi connectivity index (χ1) is 7.72. The molecule has 0 spiro atoms. The lowest BCUT2D eigenvalue weighted by Gasteiger charge is -2.05. The van der Waals surface area contributed by atoms with Gasteiger partial charge in [0.15, 0.2) is 0 Å². The van der Waals surface area contributed by atoms with Gasteiger partial charge in [0.1, 0.15) is 6.33 Å². The summed E-state index contributed by atoms with van der Waals surface area (Å²) >= 11 is 0. The minimum Gasteiger partial charge on any atom is -0.478 e. The zero-order valence-corrected chi connectivity index (χ0v) is 8.67. The fraction of sp³-hybridized carbons (Fsp3) is 0.182. The van der Waals surface area contributed by atoms with Crippen LogP contribution in [0, 0.1) is 0 Å². The lowest BCUT2D eigenvalue weighted by atomic mass is 10.1. The van der Waals surface area contributed by atoms with Gasteiger partial charge in [-0.25, -0.2) is 14.8 Å². The maximum Gasteiger partial charge on any atom is 0.335 e. The highest BCUT2D eigenvalue weighted by Gasteiger charge is 2.08. The first-order valence-corrected chi connectivity index (χ1v) is 4.83. The molecule has 0 amide bonds. The molecular formula is C11H10N2O3. The van der Waals surface area contributed by atoms with E-state index in [1.54, 1.807) is 6.07 Å². The van der Waals surface area contributed by atoms with E-state index in [1.807, 2.05) is 6.92 Å². The minimum absolute atomic E-state index is 0.202. The summed E-state index contributed by atoms with van der Waals surface area (Å²) in [5.74, 6) is -0.497. The van der Waals surface area contributed by atoms with Crippen LogP contribution in [0.3, 0.4) is 0 Å². The topological polar surface area (TPSA) is 72.3 Å². The molecule has 82 valence electrons. The van der Waals surface area contributed by atoms with Gasteiger partial charge in [-0.05, 0) is 25.1 Å². The Bertz CT molecular complexity index is 540. The number of hydrogen-bond acceptors (Lipinski definition) is 4. The molecule has 2 aromatic rings. The predicted molar refractivity (Wildman–Crippen MR) is 57.7 cm³/mol. The molecule has 0 aliphatic rings.